The van der Waals surface area contributed by atoms with Crippen molar-refractivity contribution < 1.29 is 9.90 Å². The predicted octanol–water partition coefficient (Wildman–Crippen LogP) is 1.52. The fourth-order valence-corrected chi connectivity index (χ4v) is 2.50. The summed E-state index contributed by atoms with van der Waals surface area (Å²) in [4.78, 5) is 29.5. The summed E-state index contributed by atoms with van der Waals surface area (Å²) in [5.41, 5.74) is 9.18. The van der Waals surface area contributed by atoms with Crippen LogP contribution in [0.3, 0.4) is 0 Å². The molecule has 0 saturated heterocycles. The molecule has 0 radical (unpaired) electrons. The first-order valence-corrected chi connectivity index (χ1v) is 9.01. The molecule has 0 aliphatic carbocycles. The number of aliphatic hydroxyl groups is 1. The molecular weight excluding hydrogens is 368 g/mol. The zero-order valence-corrected chi connectivity index (χ0v) is 16.7. The van der Waals surface area contributed by atoms with Crippen molar-refractivity contribution >= 4 is 22.8 Å². The highest BCUT2D eigenvalue weighted by Crippen LogP contribution is 2.19. The summed E-state index contributed by atoms with van der Waals surface area (Å²) in [6, 6.07) is 1.62. The van der Waals surface area contributed by atoms with Gasteiger partial charge in [0.15, 0.2) is 0 Å². The maximum Gasteiger partial charge on any atom is 0.252 e. The molecule has 0 atom stereocenters. The molecule has 3 rings (SSSR count). The van der Waals surface area contributed by atoms with E-state index in [2.05, 4.69) is 37.1 Å². The first kappa shape index (κ1) is 20.2. The Hall–Kier alpha value is -3.57. The average Bonchev–Trinajstić information content (AvgIpc) is 2.66. The molecule has 0 aliphatic heterocycles. The van der Waals surface area contributed by atoms with Crippen molar-refractivity contribution in [2.24, 2.45) is 0 Å². The third kappa shape index (κ3) is 4.83. The van der Waals surface area contributed by atoms with Crippen LogP contribution < -0.4 is 11.1 Å². The number of hydrogen-bond acceptors (Lipinski definition) is 7. The Morgan fingerprint density at radius 2 is 1.90 bits per heavy atom. The van der Waals surface area contributed by atoms with Crippen LogP contribution in [0.4, 0.5) is 5.82 Å². The van der Waals surface area contributed by atoms with Crippen LogP contribution in [0.2, 0.25) is 0 Å². The van der Waals surface area contributed by atoms with E-state index >= 15 is 0 Å². The van der Waals surface area contributed by atoms with Crippen LogP contribution in [-0.4, -0.2) is 43.1 Å². The topological polar surface area (TPSA) is 127 Å². The molecule has 0 aliphatic rings. The molecule has 0 aromatic carbocycles. The van der Waals surface area contributed by atoms with Crippen LogP contribution >= 0.6 is 0 Å². The summed E-state index contributed by atoms with van der Waals surface area (Å²) in [6.45, 7) is 7.10. The van der Waals surface area contributed by atoms with Gasteiger partial charge in [0.2, 0.25) is 0 Å². The van der Waals surface area contributed by atoms with Crippen LogP contribution in [0.15, 0.2) is 24.7 Å². The number of carbonyl (C=O) groups excluding carboxylic acids is 1. The van der Waals surface area contributed by atoms with Crippen LogP contribution in [0.25, 0.3) is 11.0 Å². The fourth-order valence-electron chi connectivity index (χ4n) is 2.50. The maximum absolute atomic E-state index is 12.3. The summed E-state index contributed by atoms with van der Waals surface area (Å²) >= 11 is 0. The van der Waals surface area contributed by atoms with E-state index < -0.39 is 5.60 Å². The number of aromatic nitrogens is 4. The number of aryl methyl sites for hydroxylation is 2. The van der Waals surface area contributed by atoms with Gasteiger partial charge >= 0.3 is 0 Å². The third-order valence-electron chi connectivity index (χ3n) is 4.17. The Kier molecular flexibility index (Phi) is 5.43. The average molecular weight is 390 g/mol. The number of hydrogen-bond donors (Lipinski definition) is 3. The molecule has 148 valence electrons. The smallest absolute Gasteiger partial charge is 0.252 e. The number of fused-ring (bicyclic) bond motifs is 1. The fraction of sp³-hybridized carbons (Fsp3) is 0.286. The molecule has 0 unspecified atom stereocenters. The zero-order valence-electron chi connectivity index (χ0n) is 16.7. The van der Waals surface area contributed by atoms with E-state index in [0.717, 1.165) is 11.4 Å². The van der Waals surface area contributed by atoms with Gasteiger partial charge in [0.1, 0.15) is 16.9 Å². The number of nitrogens with two attached hydrogens (primary N) is 1. The Bertz CT molecular complexity index is 1160. The van der Waals surface area contributed by atoms with Gasteiger partial charge in [0.05, 0.1) is 34.3 Å². The van der Waals surface area contributed by atoms with E-state index in [1.165, 1.54) is 6.20 Å². The van der Waals surface area contributed by atoms with Gasteiger partial charge in [0.25, 0.3) is 5.91 Å². The van der Waals surface area contributed by atoms with Crippen molar-refractivity contribution in [1.29, 1.82) is 0 Å². The zero-order chi connectivity index (χ0) is 21.2. The second-order valence-corrected chi connectivity index (χ2v) is 7.35. The summed E-state index contributed by atoms with van der Waals surface area (Å²) in [7, 11) is 0. The molecule has 29 heavy (non-hydrogen) atoms. The van der Waals surface area contributed by atoms with E-state index in [1.54, 1.807) is 32.3 Å². The standard InChI is InChI=1S/C21H22N6O2/c1-12-13(2)27-18-16(19(22)24-10-17(18)26-12)6-5-14-7-15(9-23-8-14)20(28)25-11-21(3,4)29/h7-10,29H,11H2,1-4H3,(H2,22,24)(H,25,28). The number of nitrogens with one attached hydrogen (secondary N) is 1. The Balaban J connectivity index is 1.94. The molecule has 8 nitrogen and oxygen atoms in total. The molecule has 0 fully saturated rings. The lowest BCUT2D eigenvalue weighted by Gasteiger charge is -2.17. The first-order chi connectivity index (χ1) is 13.6. The molecule has 3 aromatic rings. The van der Waals surface area contributed by atoms with Gasteiger partial charge in [-0.3, -0.25) is 9.78 Å². The van der Waals surface area contributed by atoms with Gasteiger partial charge in [-0.05, 0) is 33.8 Å². The van der Waals surface area contributed by atoms with Gasteiger partial charge in [-0.2, -0.15) is 0 Å². The number of amides is 1. The molecule has 0 spiro atoms. The largest absolute Gasteiger partial charge is 0.389 e. The minimum atomic E-state index is -1.00. The summed E-state index contributed by atoms with van der Waals surface area (Å²) in [5.74, 6) is 5.87. The molecule has 0 saturated carbocycles. The normalized spacial score (nSPS) is 11.1. The quantitative estimate of drug-likeness (QED) is 0.579. The number of rotatable bonds is 3. The second-order valence-electron chi connectivity index (χ2n) is 7.35. The SMILES string of the molecule is Cc1nc2cnc(N)c(C#Cc3cncc(C(=O)NCC(C)(C)O)c3)c2nc1C. The van der Waals surface area contributed by atoms with Gasteiger partial charge in [0, 0.05) is 24.5 Å². The van der Waals surface area contributed by atoms with Crippen molar-refractivity contribution in [2.45, 2.75) is 33.3 Å². The summed E-state index contributed by atoms with van der Waals surface area (Å²) < 4.78 is 0. The maximum atomic E-state index is 12.3. The second kappa shape index (κ2) is 7.81. The number of pyridine rings is 2. The third-order valence-corrected chi connectivity index (χ3v) is 4.17. The predicted molar refractivity (Wildman–Crippen MR) is 110 cm³/mol. The highest BCUT2D eigenvalue weighted by atomic mass is 16.3. The van der Waals surface area contributed by atoms with Crippen molar-refractivity contribution in [2.75, 3.05) is 12.3 Å². The number of anilines is 1. The summed E-state index contributed by atoms with van der Waals surface area (Å²) in [5, 5.41) is 12.4. The van der Waals surface area contributed by atoms with Crippen LogP contribution in [0.1, 0.15) is 46.7 Å². The van der Waals surface area contributed by atoms with E-state index in [9.17, 15) is 9.90 Å². The monoisotopic (exact) mass is 390 g/mol. The highest BCUT2D eigenvalue weighted by molar-refractivity contribution is 5.94. The Morgan fingerprint density at radius 3 is 2.62 bits per heavy atom. The lowest BCUT2D eigenvalue weighted by atomic mass is 10.1. The van der Waals surface area contributed by atoms with Gasteiger partial charge < -0.3 is 16.2 Å². The molecule has 8 heteroatoms. The number of nitrogens with zero attached hydrogens (tertiary/aromatic N) is 4. The molecular formula is C21H22N6O2. The molecule has 3 aromatic heterocycles. The van der Waals surface area contributed by atoms with E-state index in [-0.39, 0.29) is 18.3 Å². The lowest BCUT2D eigenvalue weighted by molar-refractivity contribution is 0.0694. The van der Waals surface area contributed by atoms with Crippen LogP contribution in [-0.2, 0) is 0 Å². The first-order valence-electron chi connectivity index (χ1n) is 9.01. The molecule has 3 heterocycles. The lowest BCUT2D eigenvalue weighted by Crippen LogP contribution is -2.38. The number of nitrogen functional groups attached to an aromatic ring is 1. The molecule has 1 amide bonds. The highest BCUT2D eigenvalue weighted by Gasteiger charge is 2.15. The Labute approximate surface area is 168 Å². The Morgan fingerprint density at radius 1 is 1.17 bits per heavy atom. The van der Waals surface area contributed by atoms with E-state index in [0.29, 0.717) is 27.7 Å². The minimum Gasteiger partial charge on any atom is -0.389 e. The van der Waals surface area contributed by atoms with Crippen molar-refractivity contribution in [3.05, 3.63) is 52.7 Å². The molecule has 0 bridgehead atoms. The van der Waals surface area contributed by atoms with Crippen molar-refractivity contribution in [3.63, 3.8) is 0 Å². The summed E-state index contributed by atoms with van der Waals surface area (Å²) in [6.07, 6.45) is 4.57. The van der Waals surface area contributed by atoms with Crippen LogP contribution in [0.5, 0.6) is 0 Å². The minimum absolute atomic E-state index is 0.122. The van der Waals surface area contributed by atoms with Crippen molar-refractivity contribution in [1.82, 2.24) is 25.3 Å². The van der Waals surface area contributed by atoms with E-state index in [1.807, 2.05) is 13.8 Å². The van der Waals surface area contributed by atoms with Crippen molar-refractivity contribution in [3.8, 4) is 11.8 Å². The van der Waals surface area contributed by atoms with Crippen LogP contribution in [0, 0.1) is 25.7 Å². The van der Waals surface area contributed by atoms with Gasteiger partial charge in [-0.25, -0.2) is 15.0 Å². The molecule has 4 N–H and O–H groups in total. The van der Waals surface area contributed by atoms with E-state index in [4.69, 9.17) is 5.73 Å². The van der Waals surface area contributed by atoms with Gasteiger partial charge in [-0.15, -0.1) is 0 Å². The van der Waals surface area contributed by atoms with Gasteiger partial charge in [-0.1, -0.05) is 11.8 Å². The number of carbonyl (C=O) groups is 1.